The number of nitrogens with one attached hydrogen (secondary N) is 1. The Hall–Kier alpha value is -3.98. The summed E-state index contributed by atoms with van der Waals surface area (Å²) in [5, 5.41) is 12.4. The van der Waals surface area contributed by atoms with Gasteiger partial charge in [0.25, 0.3) is 0 Å². The van der Waals surface area contributed by atoms with E-state index in [-0.39, 0.29) is 33.3 Å². The van der Waals surface area contributed by atoms with Gasteiger partial charge in [-0.1, -0.05) is 29.8 Å². The van der Waals surface area contributed by atoms with Gasteiger partial charge in [-0.2, -0.15) is 23.1 Å². The first kappa shape index (κ1) is 31.4. The van der Waals surface area contributed by atoms with Gasteiger partial charge in [-0.25, -0.2) is 0 Å². The number of nitrogens with two attached hydrogens (primary N) is 1. The molecular formula is C28H26ClF6N5O4. The zero-order valence-corrected chi connectivity index (χ0v) is 23.5. The van der Waals surface area contributed by atoms with Crippen molar-refractivity contribution in [3.63, 3.8) is 0 Å². The summed E-state index contributed by atoms with van der Waals surface area (Å²) in [4.78, 5) is 21.2. The molecule has 2 aliphatic heterocycles. The van der Waals surface area contributed by atoms with Crippen LogP contribution in [0.15, 0.2) is 48.5 Å². The Morgan fingerprint density at radius 1 is 1.09 bits per heavy atom. The van der Waals surface area contributed by atoms with Gasteiger partial charge in [0.1, 0.15) is 17.6 Å². The zero-order valence-electron chi connectivity index (χ0n) is 22.8. The third-order valence-corrected chi connectivity index (χ3v) is 7.96. The van der Waals surface area contributed by atoms with Crippen molar-refractivity contribution < 1.29 is 45.7 Å². The number of ether oxygens (including phenoxy) is 2. The van der Waals surface area contributed by atoms with Gasteiger partial charge in [0.15, 0.2) is 0 Å². The minimum Gasteiger partial charge on any atom is -0.480 e. The number of rotatable bonds is 7. The van der Waals surface area contributed by atoms with Crippen LogP contribution in [0.4, 0.5) is 38.1 Å². The standard InChI is InChI=1S/C28H26ClF6N5O4/c29-16-4-5-18(19(11-16)15-2-1-3-17(10-15)44-28(33,34)35)23(27(30,31)32)43-22-12-21(38-25(36)39-22)40-8-6-26(7-9-40)13-20(24(41)42)37-14-26/h1-5,10-12,20,23,37H,6-9,13-14H2,(H,41,42)(H2,36,38,39)/t20-,23+/m0/s1. The van der Waals surface area contributed by atoms with E-state index >= 15 is 0 Å². The van der Waals surface area contributed by atoms with Crippen molar-refractivity contribution in [2.24, 2.45) is 5.41 Å². The summed E-state index contributed by atoms with van der Waals surface area (Å²) in [5.41, 5.74) is 5.03. The minimum atomic E-state index is -5.01. The number of carboxylic acids is 1. The van der Waals surface area contributed by atoms with Crippen LogP contribution in [0.25, 0.3) is 11.1 Å². The topological polar surface area (TPSA) is 123 Å². The number of nitrogens with zero attached hydrogens (tertiary/aromatic N) is 3. The van der Waals surface area contributed by atoms with E-state index in [2.05, 4.69) is 20.0 Å². The van der Waals surface area contributed by atoms with Crippen LogP contribution >= 0.6 is 11.6 Å². The maximum Gasteiger partial charge on any atom is 0.573 e. The maximum atomic E-state index is 14.5. The lowest BCUT2D eigenvalue weighted by molar-refractivity contribution is -0.274. The number of halogens is 7. The van der Waals surface area contributed by atoms with Crippen LogP contribution in [-0.4, -0.2) is 59.3 Å². The van der Waals surface area contributed by atoms with E-state index in [9.17, 15) is 36.2 Å². The van der Waals surface area contributed by atoms with Crippen LogP contribution in [-0.2, 0) is 4.79 Å². The van der Waals surface area contributed by atoms with E-state index in [0.29, 0.717) is 38.9 Å². The summed E-state index contributed by atoms with van der Waals surface area (Å²) >= 11 is 6.08. The molecule has 2 saturated heterocycles. The average Bonchev–Trinajstić information content (AvgIpc) is 3.34. The second-order valence-corrected chi connectivity index (χ2v) is 11.2. The number of hydrogen-bond donors (Lipinski definition) is 3. The van der Waals surface area contributed by atoms with Gasteiger partial charge in [0, 0.05) is 36.3 Å². The van der Waals surface area contributed by atoms with Crippen LogP contribution in [0.3, 0.4) is 0 Å². The molecule has 44 heavy (non-hydrogen) atoms. The molecule has 0 saturated carbocycles. The highest BCUT2D eigenvalue weighted by Crippen LogP contribution is 2.44. The molecule has 2 aromatic carbocycles. The lowest BCUT2D eigenvalue weighted by Crippen LogP contribution is -2.41. The molecule has 1 spiro atoms. The molecule has 3 aromatic rings. The number of aromatic nitrogens is 2. The van der Waals surface area contributed by atoms with Crippen molar-refractivity contribution in [2.45, 2.75) is 43.9 Å². The Kier molecular flexibility index (Phi) is 8.46. The summed E-state index contributed by atoms with van der Waals surface area (Å²) in [6.07, 6.45) is -10.9. The van der Waals surface area contributed by atoms with Gasteiger partial charge in [-0.05, 0) is 60.1 Å². The molecule has 1 aromatic heterocycles. The van der Waals surface area contributed by atoms with Gasteiger partial charge in [0.2, 0.25) is 17.9 Å². The van der Waals surface area contributed by atoms with Crippen LogP contribution < -0.4 is 25.4 Å². The zero-order chi connectivity index (χ0) is 31.9. The molecular weight excluding hydrogens is 620 g/mol. The molecule has 5 rings (SSSR count). The second kappa shape index (κ2) is 11.8. The van der Waals surface area contributed by atoms with E-state index in [1.807, 2.05) is 4.90 Å². The van der Waals surface area contributed by atoms with Gasteiger partial charge < -0.3 is 30.5 Å². The van der Waals surface area contributed by atoms with E-state index in [1.54, 1.807) is 0 Å². The SMILES string of the molecule is Nc1nc(O[C@H](c2ccc(Cl)cc2-c2cccc(OC(F)(F)F)c2)C(F)(F)F)cc(N2CCC3(CC2)CN[C@H](C(=O)O)C3)n1. The van der Waals surface area contributed by atoms with E-state index in [4.69, 9.17) is 22.1 Å². The van der Waals surface area contributed by atoms with E-state index in [1.165, 1.54) is 30.3 Å². The van der Waals surface area contributed by atoms with E-state index < -0.39 is 47.8 Å². The van der Waals surface area contributed by atoms with Crippen LogP contribution in [0, 0.1) is 5.41 Å². The Balaban J connectivity index is 1.42. The first-order valence-corrected chi connectivity index (χ1v) is 13.7. The molecule has 0 bridgehead atoms. The summed E-state index contributed by atoms with van der Waals surface area (Å²) in [6.45, 7) is 1.44. The monoisotopic (exact) mass is 645 g/mol. The smallest absolute Gasteiger partial charge is 0.480 e. The number of hydrogen-bond acceptors (Lipinski definition) is 8. The second-order valence-electron chi connectivity index (χ2n) is 10.7. The highest BCUT2D eigenvalue weighted by molar-refractivity contribution is 6.30. The number of alkyl halides is 6. The highest BCUT2D eigenvalue weighted by Gasteiger charge is 2.46. The number of nitrogen functional groups attached to an aromatic ring is 1. The lowest BCUT2D eigenvalue weighted by Gasteiger charge is -2.39. The van der Waals surface area contributed by atoms with Gasteiger partial charge in [-0.3, -0.25) is 4.79 Å². The molecule has 0 unspecified atom stereocenters. The summed E-state index contributed by atoms with van der Waals surface area (Å²) in [7, 11) is 0. The normalized spacial score (nSPS) is 19.2. The van der Waals surface area contributed by atoms with Crippen molar-refractivity contribution in [2.75, 3.05) is 30.3 Å². The molecule has 2 aliphatic rings. The number of piperidine rings is 1. The van der Waals surface area contributed by atoms with Gasteiger partial charge in [0.05, 0.1) is 0 Å². The van der Waals surface area contributed by atoms with Gasteiger partial charge >= 0.3 is 18.5 Å². The number of aliphatic carboxylic acids is 1. The molecule has 3 heterocycles. The van der Waals surface area contributed by atoms with Gasteiger partial charge in [-0.15, -0.1) is 13.2 Å². The van der Waals surface area contributed by atoms with Crippen molar-refractivity contribution in [3.8, 4) is 22.8 Å². The fourth-order valence-electron chi connectivity index (χ4n) is 5.63. The summed E-state index contributed by atoms with van der Waals surface area (Å²) in [6, 6.07) is 8.53. The predicted octanol–water partition coefficient (Wildman–Crippen LogP) is 5.99. The number of carbonyl (C=O) groups is 1. The summed E-state index contributed by atoms with van der Waals surface area (Å²) < 4.78 is 91.4. The molecule has 16 heteroatoms. The Labute approximate surface area is 251 Å². The quantitative estimate of drug-likeness (QED) is 0.266. The Bertz CT molecular complexity index is 1530. The summed E-state index contributed by atoms with van der Waals surface area (Å²) in [5.74, 6) is -2.12. The van der Waals surface area contributed by atoms with Crippen molar-refractivity contribution in [1.29, 1.82) is 0 Å². The average molecular weight is 646 g/mol. The van der Waals surface area contributed by atoms with Crippen LogP contribution in [0.2, 0.25) is 5.02 Å². The lowest BCUT2D eigenvalue weighted by atomic mass is 9.76. The third-order valence-electron chi connectivity index (χ3n) is 7.73. The largest absolute Gasteiger partial charge is 0.573 e. The van der Waals surface area contributed by atoms with Crippen molar-refractivity contribution >= 4 is 29.3 Å². The highest BCUT2D eigenvalue weighted by atomic mass is 35.5. The van der Waals surface area contributed by atoms with E-state index in [0.717, 1.165) is 18.2 Å². The molecule has 4 N–H and O–H groups in total. The molecule has 9 nitrogen and oxygen atoms in total. The molecule has 2 atom stereocenters. The predicted molar refractivity (Wildman–Crippen MR) is 147 cm³/mol. The first-order chi connectivity index (χ1) is 20.6. The molecule has 236 valence electrons. The van der Waals surface area contributed by atoms with Crippen LogP contribution in [0.5, 0.6) is 11.6 Å². The fourth-order valence-corrected chi connectivity index (χ4v) is 5.80. The molecule has 0 radical (unpaired) electrons. The van der Waals surface area contributed by atoms with Crippen molar-refractivity contribution in [3.05, 3.63) is 59.1 Å². The Morgan fingerprint density at radius 2 is 1.82 bits per heavy atom. The minimum absolute atomic E-state index is 0.0289. The molecule has 0 amide bonds. The number of benzene rings is 2. The molecule has 0 aliphatic carbocycles. The fraction of sp³-hybridized carbons (Fsp3) is 0.393. The number of carboxylic acid groups (broad SMARTS) is 1. The van der Waals surface area contributed by atoms with Crippen molar-refractivity contribution in [1.82, 2.24) is 15.3 Å². The third kappa shape index (κ3) is 7.21. The molecule has 2 fully saturated rings. The maximum absolute atomic E-state index is 14.5. The number of anilines is 2. The van der Waals surface area contributed by atoms with Crippen LogP contribution in [0.1, 0.15) is 30.9 Å². The first-order valence-electron chi connectivity index (χ1n) is 13.4. The Morgan fingerprint density at radius 3 is 2.45 bits per heavy atom.